The van der Waals surface area contributed by atoms with Crippen molar-refractivity contribution in [1.29, 1.82) is 0 Å². The van der Waals surface area contributed by atoms with E-state index in [0.717, 1.165) is 12.7 Å². The molecule has 1 N–H and O–H groups in total. The van der Waals surface area contributed by atoms with Gasteiger partial charge >= 0.3 is 0 Å². The van der Waals surface area contributed by atoms with E-state index in [1.807, 2.05) is 24.3 Å². The van der Waals surface area contributed by atoms with E-state index >= 15 is 0 Å². The van der Waals surface area contributed by atoms with Gasteiger partial charge in [-0.2, -0.15) is 0 Å². The van der Waals surface area contributed by atoms with Gasteiger partial charge in [0.1, 0.15) is 12.0 Å². The van der Waals surface area contributed by atoms with E-state index in [0.29, 0.717) is 23.1 Å². The molecule has 0 fully saturated rings. The Morgan fingerprint density at radius 3 is 2.04 bits per heavy atom. The number of benzene rings is 2. The van der Waals surface area contributed by atoms with Gasteiger partial charge in [-0.1, -0.05) is 75.9 Å². The Hall–Kier alpha value is -2.09. The molecule has 24 heavy (non-hydrogen) atoms. The smallest absolute Gasteiger partial charge is 0.150 e. The first-order chi connectivity index (χ1) is 11.7. The number of aldehydes is 1. The van der Waals surface area contributed by atoms with Crippen molar-refractivity contribution in [3.63, 3.8) is 0 Å². The summed E-state index contributed by atoms with van der Waals surface area (Å²) in [6.07, 6.45) is 6.92. The van der Waals surface area contributed by atoms with E-state index in [-0.39, 0.29) is 0 Å². The van der Waals surface area contributed by atoms with Crippen molar-refractivity contribution >= 4 is 6.29 Å². The van der Waals surface area contributed by atoms with E-state index in [1.54, 1.807) is 12.1 Å². The maximum Gasteiger partial charge on any atom is 0.150 e. The third-order valence-corrected chi connectivity index (χ3v) is 4.88. The van der Waals surface area contributed by atoms with Gasteiger partial charge in [-0.15, -0.1) is 0 Å². The molecule has 0 saturated carbocycles. The van der Waals surface area contributed by atoms with E-state index < -0.39 is 0 Å². The second kappa shape index (κ2) is 9.27. The van der Waals surface area contributed by atoms with Crippen LogP contribution in [0.3, 0.4) is 0 Å². The Kier molecular flexibility index (Phi) is 7.05. The molecule has 2 heteroatoms. The maximum absolute atomic E-state index is 10.9. The summed E-state index contributed by atoms with van der Waals surface area (Å²) >= 11 is 0. The molecule has 2 aromatic rings. The molecular formula is C22H28O2. The molecule has 0 bridgehead atoms. The lowest BCUT2D eigenvalue weighted by molar-refractivity contribution is 0.112. The van der Waals surface area contributed by atoms with Crippen molar-refractivity contribution in [3.8, 4) is 5.75 Å². The van der Waals surface area contributed by atoms with Crippen LogP contribution in [-0.4, -0.2) is 11.4 Å². The van der Waals surface area contributed by atoms with E-state index in [2.05, 4.69) is 26.0 Å². The molecule has 0 heterocycles. The van der Waals surface area contributed by atoms with Crippen LogP contribution in [0, 0.1) is 5.92 Å². The van der Waals surface area contributed by atoms with Crippen LogP contribution < -0.4 is 0 Å². The topological polar surface area (TPSA) is 37.3 Å². The van der Waals surface area contributed by atoms with Crippen LogP contribution in [0.5, 0.6) is 5.75 Å². The number of hydrogen-bond donors (Lipinski definition) is 1. The van der Waals surface area contributed by atoms with Gasteiger partial charge in [0.25, 0.3) is 0 Å². The van der Waals surface area contributed by atoms with Gasteiger partial charge in [-0.05, 0) is 35.6 Å². The normalized spacial score (nSPS) is 13.4. The van der Waals surface area contributed by atoms with E-state index in [1.165, 1.54) is 36.8 Å². The van der Waals surface area contributed by atoms with Crippen molar-refractivity contribution in [3.05, 3.63) is 65.2 Å². The number of phenolic OH excluding ortho intramolecular Hbond substituents is 1. The highest BCUT2D eigenvalue weighted by molar-refractivity contribution is 5.74. The van der Waals surface area contributed by atoms with Crippen LogP contribution in [-0.2, 0) is 0 Å². The van der Waals surface area contributed by atoms with Crippen LogP contribution >= 0.6 is 0 Å². The second-order valence-electron chi connectivity index (χ2n) is 6.58. The third-order valence-electron chi connectivity index (χ3n) is 4.88. The van der Waals surface area contributed by atoms with Gasteiger partial charge in [-0.3, -0.25) is 4.79 Å². The van der Waals surface area contributed by atoms with Gasteiger partial charge in [0.2, 0.25) is 0 Å². The van der Waals surface area contributed by atoms with Gasteiger partial charge in [0.05, 0.1) is 0 Å². The average Bonchev–Trinajstić information content (AvgIpc) is 2.63. The molecule has 0 spiro atoms. The van der Waals surface area contributed by atoms with Crippen molar-refractivity contribution < 1.29 is 9.90 Å². The van der Waals surface area contributed by atoms with Gasteiger partial charge in [-0.25, -0.2) is 0 Å². The standard InChI is InChI=1S/C22H28O2/c1-3-5-6-17(4-2)15-22(20-11-13-21(24)14-12-20)19-9-7-18(16-23)8-10-19/h7-14,16-17,22,24H,3-6,15H2,1-2H3. The highest BCUT2D eigenvalue weighted by Gasteiger charge is 2.19. The fraction of sp³-hybridized carbons (Fsp3) is 0.409. The Morgan fingerprint density at radius 1 is 0.958 bits per heavy atom. The number of carbonyl (C=O) groups excluding carboxylic acids is 1. The van der Waals surface area contributed by atoms with Crippen molar-refractivity contribution in [2.75, 3.05) is 0 Å². The van der Waals surface area contributed by atoms with Crippen LogP contribution in [0.25, 0.3) is 0 Å². The highest BCUT2D eigenvalue weighted by Crippen LogP contribution is 2.34. The summed E-state index contributed by atoms with van der Waals surface area (Å²) in [6.45, 7) is 4.51. The molecule has 0 aliphatic heterocycles. The minimum Gasteiger partial charge on any atom is -0.508 e. The highest BCUT2D eigenvalue weighted by atomic mass is 16.3. The van der Waals surface area contributed by atoms with Crippen LogP contribution in [0.1, 0.15) is 73.4 Å². The van der Waals surface area contributed by atoms with Gasteiger partial charge in [0.15, 0.2) is 0 Å². The lowest BCUT2D eigenvalue weighted by Gasteiger charge is -2.24. The quantitative estimate of drug-likeness (QED) is 0.579. The van der Waals surface area contributed by atoms with E-state index in [9.17, 15) is 9.90 Å². The molecular weight excluding hydrogens is 296 g/mol. The van der Waals surface area contributed by atoms with Crippen LogP contribution in [0.15, 0.2) is 48.5 Å². The van der Waals surface area contributed by atoms with Crippen molar-refractivity contribution in [2.45, 2.75) is 51.9 Å². The summed E-state index contributed by atoms with van der Waals surface area (Å²) in [5.74, 6) is 1.29. The largest absolute Gasteiger partial charge is 0.508 e. The predicted octanol–water partition coefficient (Wildman–Crippen LogP) is 5.94. The number of phenols is 1. The summed E-state index contributed by atoms with van der Waals surface area (Å²) in [4.78, 5) is 10.9. The summed E-state index contributed by atoms with van der Waals surface area (Å²) in [5, 5.41) is 9.58. The average molecular weight is 324 g/mol. The molecule has 0 aliphatic carbocycles. The summed E-state index contributed by atoms with van der Waals surface area (Å²) in [5.41, 5.74) is 3.17. The summed E-state index contributed by atoms with van der Waals surface area (Å²) in [6, 6.07) is 15.5. The first-order valence-corrected chi connectivity index (χ1v) is 9.02. The fourth-order valence-corrected chi connectivity index (χ4v) is 3.29. The first kappa shape index (κ1) is 18.3. The number of aromatic hydroxyl groups is 1. The van der Waals surface area contributed by atoms with Gasteiger partial charge in [0, 0.05) is 11.5 Å². The molecule has 0 aromatic heterocycles. The van der Waals surface area contributed by atoms with Crippen molar-refractivity contribution in [2.24, 2.45) is 5.92 Å². The van der Waals surface area contributed by atoms with Crippen molar-refractivity contribution in [1.82, 2.24) is 0 Å². The number of carbonyl (C=O) groups is 1. The molecule has 0 saturated heterocycles. The predicted molar refractivity (Wildman–Crippen MR) is 99.7 cm³/mol. The Labute approximate surface area is 145 Å². The van der Waals surface area contributed by atoms with Gasteiger partial charge < -0.3 is 5.11 Å². The minimum atomic E-state index is 0.298. The summed E-state index contributed by atoms with van der Waals surface area (Å²) in [7, 11) is 0. The molecule has 2 aromatic carbocycles. The molecule has 2 unspecified atom stereocenters. The SMILES string of the molecule is CCCCC(CC)CC(c1ccc(O)cc1)c1ccc(C=O)cc1. The maximum atomic E-state index is 10.9. The van der Waals surface area contributed by atoms with Crippen LogP contribution in [0.2, 0.25) is 0 Å². The molecule has 2 atom stereocenters. The Morgan fingerprint density at radius 2 is 1.54 bits per heavy atom. The number of unbranched alkanes of at least 4 members (excludes halogenated alkanes) is 1. The Balaban J connectivity index is 2.28. The fourth-order valence-electron chi connectivity index (χ4n) is 3.29. The number of hydrogen-bond acceptors (Lipinski definition) is 2. The van der Waals surface area contributed by atoms with E-state index in [4.69, 9.17) is 0 Å². The van der Waals surface area contributed by atoms with Crippen LogP contribution in [0.4, 0.5) is 0 Å². The molecule has 128 valence electrons. The molecule has 0 radical (unpaired) electrons. The lowest BCUT2D eigenvalue weighted by Crippen LogP contribution is -2.09. The first-order valence-electron chi connectivity index (χ1n) is 9.02. The summed E-state index contributed by atoms with van der Waals surface area (Å²) < 4.78 is 0. The third kappa shape index (κ3) is 4.95. The number of rotatable bonds is 9. The molecule has 0 amide bonds. The lowest BCUT2D eigenvalue weighted by atomic mass is 9.81. The Bertz CT molecular complexity index is 613. The zero-order valence-corrected chi connectivity index (χ0v) is 14.7. The second-order valence-corrected chi connectivity index (χ2v) is 6.58. The monoisotopic (exact) mass is 324 g/mol. The molecule has 0 aliphatic rings. The molecule has 2 nitrogen and oxygen atoms in total. The molecule has 2 rings (SSSR count). The zero-order chi connectivity index (χ0) is 17.4. The zero-order valence-electron chi connectivity index (χ0n) is 14.7. The minimum absolute atomic E-state index is 0.298.